The SMILES string of the molecule is COc1cc2cc(c1Cl)N(C)C(=O)C[C@H](OC(=O)[C@H](C)N(C)C(=O)C1CCNCC1)[C@]1(C)O[C@H]1[C@H](C)[C@@H]1C[C@@](O)(NC(=O)O1)[C@H](OC)/C=C/C=C(\C)C2.COc1cc2cc(c1Cl)N(C)C(=O)C[C@H](OC(=O)[C@H](C)N(C)C(=O)c1ccc3c(c1)CCNC3)[C@]1(C)O[C@H]1[C@H](C)[C@@H]1C[C@@](O)(NC(=O)O1)[C@H](OC)/C=C/C=C(\C)C2. The van der Waals surface area contributed by atoms with Gasteiger partial charge in [0.2, 0.25) is 17.7 Å². The van der Waals surface area contributed by atoms with Gasteiger partial charge in [-0.15, -0.1) is 0 Å². The molecule has 11 rings (SSSR count). The van der Waals surface area contributed by atoms with Crippen molar-refractivity contribution in [3.05, 3.63) is 128 Å². The number of carbonyl (C=O) groups is 8. The van der Waals surface area contributed by atoms with E-state index in [0.717, 1.165) is 66.0 Å². The minimum absolute atomic E-state index is 0.0434. The summed E-state index contributed by atoms with van der Waals surface area (Å²) < 4.78 is 58.7. The molecule has 600 valence electrons. The lowest BCUT2D eigenvalue weighted by molar-refractivity contribution is -0.163. The predicted octanol–water partition coefficient (Wildman–Crippen LogP) is 7.99. The maximum atomic E-state index is 14.3. The van der Waals surface area contributed by atoms with Crippen molar-refractivity contribution in [1.29, 1.82) is 0 Å². The largest absolute Gasteiger partial charge is 0.495 e. The number of benzene rings is 3. The number of aliphatic hydroxyl groups is 2. The number of esters is 2. The minimum atomic E-state index is -1.83. The average Bonchev–Trinajstić information content (AvgIpc) is 1.58. The molecule has 8 heterocycles. The zero-order valence-corrected chi connectivity index (χ0v) is 67.0. The number of rotatable bonds is 12. The number of amides is 6. The van der Waals surface area contributed by atoms with Crippen LogP contribution in [0.1, 0.15) is 127 Å². The van der Waals surface area contributed by atoms with Crippen LogP contribution in [-0.4, -0.2) is 228 Å². The second kappa shape index (κ2) is 34.8. The van der Waals surface area contributed by atoms with Crippen LogP contribution >= 0.6 is 23.2 Å². The Bertz CT molecular complexity index is 4110. The zero-order valence-electron chi connectivity index (χ0n) is 65.5. The number of piperidine rings is 1. The van der Waals surface area contributed by atoms with Gasteiger partial charge >= 0.3 is 24.1 Å². The van der Waals surface area contributed by atoms with E-state index in [2.05, 4.69) is 21.3 Å². The van der Waals surface area contributed by atoms with Gasteiger partial charge in [-0.1, -0.05) is 90.7 Å². The molecule has 0 spiro atoms. The van der Waals surface area contributed by atoms with Crippen LogP contribution < -0.4 is 40.5 Å². The second-order valence-electron chi connectivity index (χ2n) is 30.6. The summed E-state index contributed by atoms with van der Waals surface area (Å²) in [6, 6.07) is 10.7. The van der Waals surface area contributed by atoms with Gasteiger partial charge in [0, 0.05) is 85.1 Å². The van der Waals surface area contributed by atoms with Crippen LogP contribution in [0.25, 0.3) is 0 Å². The average molecular weight is 1570 g/mol. The molecule has 6 amide bonds. The summed E-state index contributed by atoms with van der Waals surface area (Å²) in [6.07, 6.45) is 4.04. The molecular weight excluding hydrogens is 1460 g/mol. The lowest BCUT2D eigenvalue weighted by Gasteiger charge is -2.42. The van der Waals surface area contributed by atoms with Crippen molar-refractivity contribution < 1.29 is 95.9 Å². The third-order valence-corrected chi connectivity index (χ3v) is 23.7. The standard InChI is InChI=1S/C42H53ClN4O10.C38H53ClN4O10/c1-23-10-9-11-33(54-8)42(52)21-32(55-40(51)45-42)24(2)37-41(4,57-37)34(20-35(48)47(6)30-17-26(16-23)18-31(53-7)36(30)43)56-39(50)25(3)46(5)38(49)28-12-13-29-22-44-15-14-27(29)19-28;1-21-10-9-11-29(50-8)38(48)20-28(51-36(47)41-38)22(2)33-37(4,53-33)30(52-35(46)23(3)42(5)34(45)25-12-14-40-15-13-25)19-31(44)43(6)26-17-24(16-21)18-27(49-7)32(26)39/h9-13,17-19,24-25,32-34,37,44,52H,14-16,20-22H2,1-8H3,(H,45,51);9-11,17-18,22-23,25,28-30,33,40,48H,12-16,19-20H2,1-8H3,(H,41,47)/b11-9+,23-10+;11-9+,21-10+/t24-,25+,32+,33-,34+,37+,41+,42+;22-,23+,28+,29-,30+,33+,37+,38+/m11/s1. The summed E-state index contributed by atoms with van der Waals surface area (Å²) in [4.78, 5) is 115. The third kappa shape index (κ3) is 18.5. The van der Waals surface area contributed by atoms with Crippen molar-refractivity contribution >= 4 is 82.3 Å². The molecule has 0 aromatic heterocycles. The monoisotopic (exact) mass is 1570 g/mol. The fourth-order valence-corrected chi connectivity index (χ4v) is 16.2. The number of hydrogen-bond acceptors (Lipinski definition) is 22. The first-order valence-electron chi connectivity index (χ1n) is 37.3. The molecule has 3 aromatic carbocycles. The van der Waals surface area contributed by atoms with Crippen LogP contribution in [0.5, 0.6) is 11.5 Å². The molecule has 0 aliphatic carbocycles. The van der Waals surface area contributed by atoms with Gasteiger partial charge in [-0.25, -0.2) is 19.2 Å². The highest BCUT2D eigenvalue weighted by Gasteiger charge is 2.66. The first-order chi connectivity index (χ1) is 52.0. The number of allylic oxidation sites excluding steroid dienone is 6. The molecule has 3 aromatic rings. The van der Waals surface area contributed by atoms with E-state index in [4.69, 9.17) is 70.6 Å². The van der Waals surface area contributed by atoms with E-state index in [1.165, 1.54) is 55.1 Å². The Morgan fingerprint density at radius 3 is 1.51 bits per heavy atom. The lowest BCUT2D eigenvalue weighted by Crippen LogP contribution is -2.63. The molecule has 0 radical (unpaired) electrons. The Hall–Kier alpha value is -8.16. The number of methoxy groups -OCH3 is 4. The van der Waals surface area contributed by atoms with E-state index in [9.17, 15) is 48.6 Å². The van der Waals surface area contributed by atoms with Gasteiger partial charge in [0.15, 0.2) is 11.4 Å². The fraction of sp³-hybridized carbons (Fsp3) is 0.575. The number of hydrogen-bond donors (Lipinski definition) is 6. The molecule has 8 aliphatic rings. The first kappa shape index (κ1) is 84.3. The molecule has 16 atom stereocenters. The Labute approximate surface area is 652 Å². The summed E-state index contributed by atoms with van der Waals surface area (Å²) in [7, 11) is 12.1. The molecule has 8 aliphatic heterocycles. The van der Waals surface area contributed by atoms with Crippen LogP contribution in [0, 0.1) is 17.8 Å². The maximum Gasteiger partial charge on any atom is 0.409 e. The molecule has 110 heavy (non-hydrogen) atoms. The minimum Gasteiger partial charge on any atom is -0.495 e. The normalized spacial score (nSPS) is 32.1. The summed E-state index contributed by atoms with van der Waals surface area (Å²) in [5.41, 5.74) is 0.846. The van der Waals surface area contributed by atoms with Crippen molar-refractivity contribution in [3.8, 4) is 11.5 Å². The fourth-order valence-electron chi connectivity index (χ4n) is 15.5. The number of halogens is 2. The smallest absolute Gasteiger partial charge is 0.409 e. The Morgan fingerprint density at radius 2 is 1.07 bits per heavy atom. The van der Waals surface area contributed by atoms with Crippen molar-refractivity contribution in [2.24, 2.45) is 17.8 Å². The van der Waals surface area contributed by atoms with E-state index in [-0.39, 0.29) is 53.5 Å². The molecule has 30 heteroatoms. The molecule has 0 saturated carbocycles. The van der Waals surface area contributed by atoms with Gasteiger partial charge in [0.05, 0.1) is 50.6 Å². The quantitative estimate of drug-likeness (QED) is 0.0568. The number of epoxide rings is 2. The highest BCUT2D eigenvalue weighted by Crippen LogP contribution is 2.52. The van der Waals surface area contributed by atoms with Crippen molar-refractivity contribution in [2.45, 2.75) is 203 Å². The summed E-state index contributed by atoms with van der Waals surface area (Å²) in [5, 5.41) is 35.6. The Balaban J connectivity index is 0.000000235. The van der Waals surface area contributed by atoms with Gasteiger partial charge < -0.3 is 87.8 Å². The van der Waals surface area contributed by atoms with Crippen LogP contribution in [0.2, 0.25) is 10.0 Å². The predicted molar refractivity (Wildman–Crippen MR) is 409 cm³/mol. The van der Waals surface area contributed by atoms with Gasteiger partial charge in [-0.2, -0.15) is 0 Å². The third-order valence-electron chi connectivity index (χ3n) is 23.0. The van der Waals surface area contributed by atoms with E-state index in [0.29, 0.717) is 54.1 Å². The summed E-state index contributed by atoms with van der Waals surface area (Å²) in [5.74, 6) is -3.31. The van der Waals surface area contributed by atoms with Crippen LogP contribution in [0.4, 0.5) is 21.0 Å². The molecule has 5 fully saturated rings. The Kier molecular flexibility index (Phi) is 26.7. The van der Waals surface area contributed by atoms with Gasteiger partial charge in [0.25, 0.3) is 5.91 Å². The van der Waals surface area contributed by atoms with E-state index < -0.39 is 131 Å². The number of ether oxygens (including phenoxy) is 10. The summed E-state index contributed by atoms with van der Waals surface area (Å²) >= 11 is 13.6. The number of anilines is 2. The number of carbonyl (C=O) groups excluding carboxylic acids is 8. The number of nitrogens with zero attached hydrogens (tertiary/aromatic N) is 4. The van der Waals surface area contributed by atoms with Gasteiger partial charge in [-0.3, -0.25) is 29.8 Å². The number of fused-ring (bicyclic) bond motifs is 11. The Morgan fingerprint density at radius 1 is 0.627 bits per heavy atom. The first-order valence-corrected chi connectivity index (χ1v) is 38.0. The highest BCUT2D eigenvalue weighted by atomic mass is 35.5. The van der Waals surface area contributed by atoms with E-state index in [1.807, 2.05) is 45.1 Å². The lowest BCUT2D eigenvalue weighted by atomic mass is 9.83. The van der Waals surface area contributed by atoms with E-state index >= 15 is 0 Å². The van der Waals surface area contributed by atoms with Crippen LogP contribution in [-0.2, 0) is 87.7 Å². The molecule has 28 nitrogen and oxygen atoms in total. The second-order valence-corrected chi connectivity index (χ2v) is 31.4. The molecular formula is C80H106Cl2N8O20. The zero-order chi connectivity index (χ0) is 80.2. The van der Waals surface area contributed by atoms with Crippen LogP contribution in [0.3, 0.4) is 0 Å². The summed E-state index contributed by atoms with van der Waals surface area (Å²) in [6.45, 7) is 17.1. The van der Waals surface area contributed by atoms with Crippen molar-refractivity contribution in [1.82, 2.24) is 31.1 Å². The number of nitrogens with one attached hydrogen (secondary N) is 4. The highest BCUT2D eigenvalue weighted by molar-refractivity contribution is 6.36. The molecule has 6 N–H and O–H groups in total. The van der Waals surface area contributed by atoms with Crippen molar-refractivity contribution in [2.75, 3.05) is 86.1 Å². The number of alkyl carbamates (subject to hydrolysis) is 2. The van der Waals surface area contributed by atoms with Crippen molar-refractivity contribution in [3.63, 3.8) is 0 Å². The van der Waals surface area contributed by atoms with Gasteiger partial charge in [-0.05, 0) is 152 Å². The topological polar surface area (TPSA) is 337 Å². The number of likely N-dealkylation sites (N-methyl/N-ethyl adjacent to an activating group) is 2. The molecule has 5 saturated heterocycles. The van der Waals surface area contributed by atoms with Crippen LogP contribution in [0.15, 0.2) is 90.1 Å². The van der Waals surface area contributed by atoms with E-state index in [1.54, 1.807) is 110 Å². The molecule has 0 unspecified atom stereocenters. The van der Waals surface area contributed by atoms with Gasteiger partial charge in [0.1, 0.15) is 81.5 Å². The maximum absolute atomic E-state index is 14.3. The molecule has 8 bridgehead atoms.